The molecule has 132 valence electrons. The predicted molar refractivity (Wildman–Crippen MR) is 89.4 cm³/mol. The molecule has 3 aliphatic rings. The maximum absolute atomic E-state index is 6.38. The molecular formula is C19H27NO4. The molecule has 0 spiro atoms. The van der Waals surface area contributed by atoms with Crippen LogP contribution in [0.5, 0.6) is 0 Å². The molecule has 3 saturated heterocycles. The number of hydrogen-bond donors (Lipinski definition) is 0. The Kier molecular flexibility index (Phi) is 4.62. The van der Waals surface area contributed by atoms with Gasteiger partial charge in [-0.1, -0.05) is 30.3 Å². The average Bonchev–Trinajstić information content (AvgIpc) is 3.07. The molecule has 3 aliphatic heterocycles. The Balaban J connectivity index is 1.56. The van der Waals surface area contributed by atoms with E-state index in [0.29, 0.717) is 18.6 Å². The van der Waals surface area contributed by atoms with Gasteiger partial charge in [-0.25, -0.2) is 0 Å². The Hall–Kier alpha value is -0.980. The molecule has 5 heteroatoms. The Morgan fingerprint density at radius 3 is 2.67 bits per heavy atom. The minimum atomic E-state index is -0.302. The van der Waals surface area contributed by atoms with Crippen molar-refractivity contribution >= 4 is 0 Å². The first kappa shape index (κ1) is 16.5. The van der Waals surface area contributed by atoms with Crippen LogP contribution in [0.1, 0.15) is 32.1 Å². The third-order valence-corrected chi connectivity index (χ3v) is 5.58. The summed E-state index contributed by atoms with van der Waals surface area (Å²) < 4.78 is 24.2. The minimum Gasteiger partial charge on any atom is -0.354 e. The number of likely N-dealkylation sites (tertiary alicyclic amines) is 1. The fraction of sp³-hybridized carbons (Fsp3) is 0.684. The van der Waals surface area contributed by atoms with Crippen LogP contribution >= 0.6 is 0 Å². The molecule has 6 atom stereocenters. The third-order valence-electron chi connectivity index (χ3n) is 5.58. The summed E-state index contributed by atoms with van der Waals surface area (Å²) in [5.41, 5.74) is 1.07. The van der Waals surface area contributed by atoms with Crippen LogP contribution in [0.4, 0.5) is 0 Å². The second-order valence-electron chi connectivity index (χ2n) is 7.23. The van der Waals surface area contributed by atoms with E-state index in [1.54, 1.807) is 7.11 Å². The van der Waals surface area contributed by atoms with Crippen LogP contribution in [0.2, 0.25) is 0 Å². The number of nitrogens with zero attached hydrogens (tertiary/aromatic N) is 1. The number of benzene rings is 1. The summed E-state index contributed by atoms with van der Waals surface area (Å²) >= 11 is 0. The Labute approximate surface area is 143 Å². The van der Waals surface area contributed by atoms with E-state index < -0.39 is 0 Å². The maximum atomic E-state index is 6.38. The number of methoxy groups -OCH3 is 1. The molecule has 0 aromatic heterocycles. The molecule has 3 fully saturated rings. The lowest BCUT2D eigenvalue weighted by atomic mass is 9.86. The lowest BCUT2D eigenvalue weighted by Gasteiger charge is -2.49. The quantitative estimate of drug-likeness (QED) is 0.850. The van der Waals surface area contributed by atoms with Crippen molar-refractivity contribution in [3.8, 4) is 0 Å². The first-order valence-electron chi connectivity index (χ1n) is 8.95. The summed E-state index contributed by atoms with van der Waals surface area (Å²) in [5.74, 6) is 0.422. The van der Waals surface area contributed by atoms with Crippen molar-refractivity contribution in [2.24, 2.45) is 5.92 Å². The summed E-state index contributed by atoms with van der Waals surface area (Å²) in [6.45, 7) is 6.09. The normalized spacial score (nSPS) is 39.7. The molecule has 0 aliphatic carbocycles. The first-order valence-corrected chi connectivity index (χ1v) is 8.95. The summed E-state index contributed by atoms with van der Waals surface area (Å²) in [7, 11) is 1.73. The van der Waals surface area contributed by atoms with Gasteiger partial charge in [0.15, 0.2) is 12.6 Å². The summed E-state index contributed by atoms with van der Waals surface area (Å²) in [6.07, 6.45) is 0.618. The number of fused-ring (bicyclic) bond motifs is 3. The Morgan fingerprint density at radius 2 is 1.96 bits per heavy atom. The van der Waals surface area contributed by atoms with Crippen molar-refractivity contribution in [1.29, 1.82) is 0 Å². The molecule has 5 nitrogen and oxygen atoms in total. The molecular weight excluding hydrogens is 306 g/mol. The van der Waals surface area contributed by atoms with Crippen LogP contribution in [-0.2, 0) is 18.9 Å². The highest BCUT2D eigenvalue weighted by molar-refractivity contribution is 5.17. The van der Waals surface area contributed by atoms with E-state index >= 15 is 0 Å². The summed E-state index contributed by atoms with van der Waals surface area (Å²) in [6, 6.07) is 10.9. The van der Waals surface area contributed by atoms with Crippen LogP contribution in [0, 0.1) is 5.92 Å². The van der Waals surface area contributed by atoms with E-state index in [2.05, 4.69) is 30.9 Å². The SMILES string of the molecule is CO[C@H]1O[C@@H]2CO[C@@H](c3ccccc3)O[C@H]2[C@@H]2CCN(C(C)C)[C@H]12. The van der Waals surface area contributed by atoms with Crippen LogP contribution in [-0.4, -0.2) is 55.7 Å². The molecule has 1 aromatic carbocycles. The smallest absolute Gasteiger partial charge is 0.184 e. The zero-order valence-corrected chi connectivity index (χ0v) is 14.6. The van der Waals surface area contributed by atoms with Crippen LogP contribution < -0.4 is 0 Å². The zero-order chi connectivity index (χ0) is 16.7. The second-order valence-corrected chi connectivity index (χ2v) is 7.23. The topological polar surface area (TPSA) is 40.2 Å². The van der Waals surface area contributed by atoms with Gasteiger partial charge in [0.2, 0.25) is 0 Å². The summed E-state index contributed by atoms with van der Waals surface area (Å²) in [5, 5.41) is 0. The van der Waals surface area contributed by atoms with Gasteiger partial charge in [-0.05, 0) is 26.8 Å². The van der Waals surface area contributed by atoms with Gasteiger partial charge in [0.05, 0.1) is 18.8 Å². The van der Waals surface area contributed by atoms with Crippen molar-refractivity contribution in [2.75, 3.05) is 20.3 Å². The molecule has 1 aromatic rings. The molecule has 4 rings (SSSR count). The van der Waals surface area contributed by atoms with Gasteiger partial charge in [0.1, 0.15) is 6.10 Å². The van der Waals surface area contributed by atoms with Crippen molar-refractivity contribution in [1.82, 2.24) is 4.90 Å². The molecule has 0 saturated carbocycles. The number of hydrogen-bond acceptors (Lipinski definition) is 5. The molecule has 0 amide bonds. The van der Waals surface area contributed by atoms with Gasteiger partial charge < -0.3 is 18.9 Å². The van der Waals surface area contributed by atoms with Gasteiger partial charge in [0, 0.05) is 24.6 Å². The van der Waals surface area contributed by atoms with E-state index in [1.807, 2.05) is 18.2 Å². The number of rotatable bonds is 3. The van der Waals surface area contributed by atoms with Gasteiger partial charge in [-0.15, -0.1) is 0 Å². The average molecular weight is 333 g/mol. The van der Waals surface area contributed by atoms with E-state index in [9.17, 15) is 0 Å². The fourth-order valence-electron chi connectivity index (χ4n) is 4.46. The zero-order valence-electron chi connectivity index (χ0n) is 14.6. The van der Waals surface area contributed by atoms with Gasteiger partial charge in [-0.3, -0.25) is 4.90 Å². The van der Waals surface area contributed by atoms with Crippen molar-refractivity contribution in [3.63, 3.8) is 0 Å². The fourth-order valence-corrected chi connectivity index (χ4v) is 4.46. The minimum absolute atomic E-state index is 0.0525. The second kappa shape index (κ2) is 6.73. The highest BCUT2D eigenvalue weighted by Gasteiger charge is 2.54. The molecule has 0 N–H and O–H groups in total. The third kappa shape index (κ3) is 2.78. The van der Waals surface area contributed by atoms with Gasteiger partial charge >= 0.3 is 0 Å². The van der Waals surface area contributed by atoms with E-state index in [4.69, 9.17) is 18.9 Å². The van der Waals surface area contributed by atoms with Crippen molar-refractivity contribution in [3.05, 3.63) is 35.9 Å². The van der Waals surface area contributed by atoms with Gasteiger partial charge in [0.25, 0.3) is 0 Å². The van der Waals surface area contributed by atoms with E-state index in [1.165, 1.54) is 0 Å². The molecule has 0 radical (unpaired) electrons. The summed E-state index contributed by atoms with van der Waals surface area (Å²) in [4.78, 5) is 2.49. The van der Waals surface area contributed by atoms with Crippen molar-refractivity contribution < 1.29 is 18.9 Å². The van der Waals surface area contributed by atoms with Crippen molar-refractivity contribution in [2.45, 2.75) is 57.1 Å². The Bertz CT molecular complexity index is 552. The highest BCUT2D eigenvalue weighted by atomic mass is 16.7. The van der Waals surface area contributed by atoms with E-state index in [-0.39, 0.29) is 30.8 Å². The lowest BCUT2D eigenvalue weighted by molar-refractivity contribution is -0.336. The molecule has 0 unspecified atom stereocenters. The van der Waals surface area contributed by atoms with E-state index in [0.717, 1.165) is 18.5 Å². The maximum Gasteiger partial charge on any atom is 0.184 e. The lowest BCUT2D eigenvalue weighted by Crippen LogP contribution is -2.61. The van der Waals surface area contributed by atoms with Crippen LogP contribution in [0.15, 0.2) is 30.3 Å². The molecule has 3 heterocycles. The Morgan fingerprint density at radius 1 is 1.17 bits per heavy atom. The largest absolute Gasteiger partial charge is 0.354 e. The van der Waals surface area contributed by atoms with Gasteiger partial charge in [-0.2, -0.15) is 0 Å². The molecule has 24 heavy (non-hydrogen) atoms. The first-order chi connectivity index (χ1) is 11.7. The monoisotopic (exact) mass is 333 g/mol. The number of ether oxygens (including phenoxy) is 4. The standard InChI is InChI=1S/C19H27NO4/c1-12(2)20-10-9-14-16(20)19(21-3)23-15-11-22-18(24-17(14)15)13-7-5-4-6-8-13/h4-8,12,14-19H,9-11H2,1-3H3/t14-,15-,16+,17+,18-,19+/m1/s1. The highest BCUT2D eigenvalue weighted by Crippen LogP contribution is 2.43. The predicted octanol–water partition coefficient (Wildman–Crippen LogP) is 2.57. The molecule has 0 bridgehead atoms. The van der Waals surface area contributed by atoms with Crippen LogP contribution in [0.3, 0.4) is 0 Å². The van der Waals surface area contributed by atoms with Crippen LogP contribution in [0.25, 0.3) is 0 Å².